The van der Waals surface area contributed by atoms with Crippen molar-refractivity contribution in [2.45, 2.75) is 25.3 Å². The molecule has 1 unspecified atom stereocenters. The van der Waals surface area contributed by atoms with Gasteiger partial charge in [0.1, 0.15) is 0 Å². The van der Waals surface area contributed by atoms with E-state index in [1.54, 1.807) is 0 Å². The van der Waals surface area contributed by atoms with Crippen LogP contribution in [0.15, 0.2) is 24.3 Å². The maximum Gasteiger partial charge on any atom is 0.335 e. The van der Waals surface area contributed by atoms with Crippen LogP contribution in [0.2, 0.25) is 0 Å². The molecule has 1 aromatic carbocycles. The zero-order valence-electron chi connectivity index (χ0n) is 14.4. The Bertz CT molecular complexity index is 737. The monoisotopic (exact) mass is 360 g/mol. The Balaban J connectivity index is 1.69. The minimum Gasteiger partial charge on any atom is -0.478 e. The SMILES string of the molecule is COC(=O)C1CCN(C2CC(=O)N(c3ccc(C(=O)O)cc3)C2=O)CC1. The van der Waals surface area contributed by atoms with Gasteiger partial charge in [-0.3, -0.25) is 19.3 Å². The number of methoxy groups -OCH3 is 1. The highest BCUT2D eigenvalue weighted by molar-refractivity contribution is 6.22. The fourth-order valence-corrected chi connectivity index (χ4v) is 3.54. The van der Waals surface area contributed by atoms with Crippen molar-refractivity contribution in [3.8, 4) is 0 Å². The third kappa shape index (κ3) is 3.32. The molecule has 0 aromatic heterocycles. The van der Waals surface area contributed by atoms with Gasteiger partial charge in [-0.25, -0.2) is 9.69 Å². The van der Waals surface area contributed by atoms with E-state index in [0.717, 1.165) is 4.90 Å². The van der Waals surface area contributed by atoms with Crippen molar-refractivity contribution in [1.82, 2.24) is 4.90 Å². The number of esters is 1. The van der Waals surface area contributed by atoms with Crippen molar-refractivity contribution >= 4 is 29.4 Å². The predicted octanol–water partition coefficient (Wildman–Crippen LogP) is 0.902. The molecule has 3 rings (SSSR count). The summed E-state index contributed by atoms with van der Waals surface area (Å²) in [7, 11) is 1.36. The van der Waals surface area contributed by atoms with Crippen LogP contribution in [0, 0.1) is 5.92 Å². The van der Waals surface area contributed by atoms with Gasteiger partial charge in [-0.2, -0.15) is 0 Å². The minimum absolute atomic E-state index is 0.0857. The van der Waals surface area contributed by atoms with Crippen molar-refractivity contribution in [3.05, 3.63) is 29.8 Å². The Labute approximate surface area is 150 Å². The second kappa shape index (κ2) is 7.25. The molecule has 1 N–H and O–H groups in total. The van der Waals surface area contributed by atoms with Crippen LogP contribution in [0.25, 0.3) is 0 Å². The lowest BCUT2D eigenvalue weighted by Crippen LogP contribution is -2.46. The highest BCUT2D eigenvalue weighted by Crippen LogP contribution is 2.29. The number of likely N-dealkylation sites (tertiary alicyclic amines) is 1. The summed E-state index contributed by atoms with van der Waals surface area (Å²) in [5.74, 6) is -2.09. The fraction of sp³-hybridized carbons (Fsp3) is 0.444. The Morgan fingerprint density at radius 2 is 1.73 bits per heavy atom. The summed E-state index contributed by atoms with van der Waals surface area (Å²) in [6.07, 6.45) is 1.28. The summed E-state index contributed by atoms with van der Waals surface area (Å²) in [4.78, 5) is 50.7. The third-order valence-corrected chi connectivity index (χ3v) is 5.00. The topological polar surface area (TPSA) is 104 Å². The summed E-state index contributed by atoms with van der Waals surface area (Å²) in [6, 6.07) is 5.12. The summed E-state index contributed by atoms with van der Waals surface area (Å²) >= 11 is 0. The molecule has 0 saturated carbocycles. The van der Waals surface area contributed by atoms with E-state index in [0.29, 0.717) is 31.6 Å². The van der Waals surface area contributed by atoms with Crippen LogP contribution in [0.4, 0.5) is 5.69 Å². The van der Waals surface area contributed by atoms with E-state index in [1.165, 1.54) is 31.4 Å². The molecule has 2 aliphatic heterocycles. The average Bonchev–Trinajstić information content (AvgIpc) is 2.95. The van der Waals surface area contributed by atoms with Gasteiger partial charge in [0.05, 0.1) is 36.7 Å². The van der Waals surface area contributed by atoms with Gasteiger partial charge in [0.15, 0.2) is 0 Å². The largest absolute Gasteiger partial charge is 0.478 e. The number of benzene rings is 1. The number of aromatic carboxylic acids is 1. The van der Waals surface area contributed by atoms with Crippen molar-refractivity contribution in [2.24, 2.45) is 5.92 Å². The number of nitrogens with zero attached hydrogens (tertiary/aromatic N) is 2. The molecule has 2 aliphatic rings. The number of ether oxygens (including phenoxy) is 1. The molecule has 8 nitrogen and oxygen atoms in total. The smallest absolute Gasteiger partial charge is 0.335 e. The number of anilines is 1. The first-order chi connectivity index (χ1) is 12.4. The van der Waals surface area contributed by atoms with Crippen LogP contribution in [0.3, 0.4) is 0 Å². The molecule has 1 atom stereocenters. The molecular formula is C18H20N2O6. The van der Waals surface area contributed by atoms with Crippen LogP contribution in [0.5, 0.6) is 0 Å². The van der Waals surface area contributed by atoms with Gasteiger partial charge < -0.3 is 9.84 Å². The van der Waals surface area contributed by atoms with Gasteiger partial charge in [-0.05, 0) is 50.2 Å². The van der Waals surface area contributed by atoms with Gasteiger partial charge in [-0.15, -0.1) is 0 Å². The fourth-order valence-electron chi connectivity index (χ4n) is 3.54. The number of carboxylic acids is 1. The quantitative estimate of drug-likeness (QED) is 0.628. The number of carbonyl (C=O) groups excluding carboxylic acids is 3. The lowest BCUT2D eigenvalue weighted by atomic mass is 9.95. The maximum atomic E-state index is 12.8. The van der Waals surface area contributed by atoms with E-state index in [2.05, 4.69) is 0 Å². The third-order valence-electron chi connectivity index (χ3n) is 5.00. The van der Waals surface area contributed by atoms with Crippen molar-refractivity contribution in [3.63, 3.8) is 0 Å². The van der Waals surface area contributed by atoms with Gasteiger partial charge in [0.2, 0.25) is 5.91 Å². The van der Waals surface area contributed by atoms with E-state index in [4.69, 9.17) is 9.84 Å². The highest BCUT2D eigenvalue weighted by atomic mass is 16.5. The van der Waals surface area contributed by atoms with Gasteiger partial charge >= 0.3 is 11.9 Å². The Kier molecular flexibility index (Phi) is 5.03. The van der Waals surface area contributed by atoms with Gasteiger partial charge in [0.25, 0.3) is 5.91 Å². The minimum atomic E-state index is -1.07. The number of carboxylic acid groups (broad SMARTS) is 1. The Morgan fingerprint density at radius 3 is 2.27 bits per heavy atom. The van der Waals surface area contributed by atoms with Crippen molar-refractivity contribution in [2.75, 3.05) is 25.1 Å². The predicted molar refractivity (Wildman–Crippen MR) is 90.6 cm³/mol. The zero-order chi connectivity index (χ0) is 18.8. The molecule has 2 saturated heterocycles. The molecule has 2 fully saturated rings. The number of carbonyl (C=O) groups is 4. The molecule has 0 spiro atoms. The number of amides is 2. The van der Waals surface area contributed by atoms with Crippen LogP contribution < -0.4 is 4.90 Å². The summed E-state index contributed by atoms with van der Waals surface area (Å²) in [5.41, 5.74) is 0.464. The summed E-state index contributed by atoms with van der Waals surface area (Å²) < 4.78 is 4.76. The Hall–Kier alpha value is -2.74. The van der Waals surface area contributed by atoms with E-state index in [-0.39, 0.29) is 35.7 Å². The van der Waals surface area contributed by atoms with Gasteiger partial charge in [-0.1, -0.05) is 0 Å². The second-order valence-electron chi connectivity index (χ2n) is 6.47. The normalized spacial score (nSPS) is 21.9. The van der Waals surface area contributed by atoms with E-state index < -0.39 is 12.0 Å². The molecular weight excluding hydrogens is 340 g/mol. The first-order valence-corrected chi connectivity index (χ1v) is 8.44. The number of piperidine rings is 1. The maximum absolute atomic E-state index is 12.8. The van der Waals surface area contributed by atoms with Crippen LogP contribution in [-0.2, 0) is 19.1 Å². The molecule has 0 radical (unpaired) electrons. The standard InChI is InChI=1S/C18H20N2O6/c1-26-18(25)12-6-8-19(9-7-12)14-10-15(21)20(16(14)22)13-4-2-11(3-5-13)17(23)24/h2-5,12,14H,6-10H2,1H3,(H,23,24). The molecule has 1 aromatic rings. The second-order valence-corrected chi connectivity index (χ2v) is 6.47. The van der Waals surface area contributed by atoms with E-state index >= 15 is 0 Å². The Morgan fingerprint density at radius 1 is 1.12 bits per heavy atom. The van der Waals surface area contributed by atoms with E-state index in [1.807, 2.05) is 4.90 Å². The van der Waals surface area contributed by atoms with Crippen LogP contribution >= 0.6 is 0 Å². The van der Waals surface area contributed by atoms with Crippen LogP contribution in [-0.4, -0.2) is 60.0 Å². The first kappa shape index (κ1) is 18.1. The molecule has 0 aliphatic carbocycles. The summed E-state index contributed by atoms with van der Waals surface area (Å²) in [6.45, 7) is 1.10. The summed E-state index contributed by atoms with van der Waals surface area (Å²) in [5, 5.41) is 8.95. The average molecular weight is 360 g/mol. The van der Waals surface area contributed by atoms with Gasteiger partial charge in [0, 0.05) is 0 Å². The number of imide groups is 1. The molecule has 8 heteroatoms. The lowest BCUT2D eigenvalue weighted by Gasteiger charge is -2.33. The number of hydrogen-bond donors (Lipinski definition) is 1. The molecule has 2 heterocycles. The molecule has 26 heavy (non-hydrogen) atoms. The van der Waals surface area contributed by atoms with Crippen LogP contribution in [0.1, 0.15) is 29.6 Å². The molecule has 2 amide bonds. The van der Waals surface area contributed by atoms with E-state index in [9.17, 15) is 19.2 Å². The first-order valence-electron chi connectivity index (χ1n) is 8.44. The zero-order valence-corrected chi connectivity index (χ0v) is 14.4. The molecule has 138 valence electrons. The number of rotatable bonds is 4. The van der Waals surface area contributed by atoms with Crippen molar-refractivity contribution < 1.29 is 29.0 Å². The van der Waals surface area contributed by atoms with Crippen molar-refractivity contribution in [1.29, 1.82) is 0 Å². The lowest BCUT2D eigenvalue weighted by molar-refractivity contribution is -0.147. The number of hydrogen-bond acceptors (Lipinski definition) is 6. The highest BCUT2D eigenvalue weighted by Gasteiger charge is 2.44. The molecule has 0 bridgehead atoms.